The number of aryl methyl sites for hydroxylation is 1. The number of halogens is 6. The molecule has 2 fully saturated rings. The maximum Gasteiger partial charge on any atom is 0.490 e. The lowest BCUT2D eigenvalue weighted by Crippen LogP contribution is -2.35. The third kappa shape index (κ3) is 9.49. The molecule has 4 rings (SSSR count). The quantitative estimate of drug-likeness (QED) is 0.498. The van der Waals surface area contributed by atoms with Gasteiger partial charge in [-0.3, -0.25) is 9.88 Å². The molecular weight excluding hydrogens is 548 g/mol. The van der Waals surface area contributed by atoms with Gasteiger partial charge in [0.2, 0.25) is 0 Å². The summed E-state index contributed by atoms with van der Waals surface area (Å²) in [5, 5.41) is 14.2. The van der Waals surface area contributed by atoms with Crippen LogP contribution in [-0.2, 0) is 32.2 Å². The van der Waals surface area contributed by atoms with Crippen LogP contribution in [0.4, 0.5) is 26.3 Å². The summed E-state index contributed by atoms with van der Waals surface area (Å²) in [7, 11) is 0. The largest absolute Gasteiger partial charge is 0.490 e. The number of fused-ring (bicyclic) bond motifs is 1. The maximum absolute atomic E-state index is 10.6. The van der Waals surface area contributed by atoms with E-state index >= 15 is 0 Å². The lowest BCUT2D eigenvalue weighted by molar-refractivity contribution is -0.193. The number of carbonyl (C=O) groups is 2. The van der Waals surface area contributed by atoms with Crippen LogP contribution in [0, 0.1) is 18.3 Å². The zero-order valence-corrected chi connectivity index (χ0v) is 20.8. The number of hydrogen-bond donors (Lipinski definition) is 2. The van der Waals surface area contributed by atoms with Gasteiger partial charge in [0.15, 0.2) is 0 Å². The molecule has 2 aromatic heterocycles. The van der Waals surface area contributed by atoms with Gasteiger partial charge in [0.1, 0.15) is 0 Å². The van der Waals surface area contributed by atoms with Gasteiger partial charge >= 0.3 is 24.3 Å². The second-order valence-corrected chi connectivity index (χ2v) is 9.46. The number of alkyl halides is 6. The average molecular weight is 574 g/mol. The van der Waals surface area contributed by atoms with Crippen molar-refractivity contribution in [2.24, 2.45) is 11.3 Å². The van der Waals surface area contributed by atoms with Crippen LogP contribution in [0.1, 0.15) is 16.3 Å². The molecule has 0 bridgehead atoms. The molecule has 0 amide bonds. The second kappa shape index (κ2) is 13.3. The fraction of sp³-hybridized carbons (Fsp3) is 0.545. The Morgan fingerprint density at radius 1 is 1.16 bits per heavy atom. The Morgan fingerprint density at radius 2 is 1.79 bits per heavy atom. The lowest BCUT2D eigenvalue weighted by Gasteiger charge is -2.27. The van der Waals surface area contributed by atoms with Crippen LogP contribution >= 0.6 is 11.3 Å². The Kier molecular flexibility index (Phi) is 11.0. The summed E-state index contributed by atoms with van der Waals surface area (Å²) < 4.78 is 75.3. The van der Waals surface area contributed by atoms with Crippen LogP contribution in [-0.4, -0.2) is 82.3 Å². The van der Waals surface area contributed by atoms with Crippen molar-refractivity contribution in [2.45, 2.75) is 32.4 Å². The first-order valence-electron chi connectivity index (χ1n) is 10.9. The maximum atomic E-state index is 10.6. The van der Waals surface area contributed by atoms with Gasteiger partial charge in [0.05, 0.1) is 43.3 Å². The summed E-state index contributed by atoms with van der Waals surface area (Å²) in [6.45, 7) is 8.19. The van der Waals surface area contributed by atoms with Crippen molar-refractivity contribution in [3.63, 3.8) is 0 Å². The molecule has 0 aliphatic carbocycles. The van der Waals surface area contributed by atoms with Gasteiger partial charge in [-0.1, -0.05) is 6.07 Å². The molecule has 4 heterocycles. The highest BCUT2D eigenvalue weighted by molar-refractivity contribution is 7.09. The van der Waals surface area contributed by atoms with Gasteiger partial charge in [-0.25, -0.2) is 14.6 Å². The van der Waals surface area contributed by atoms with Gasteiger partial charge in [0, 0.05) is 42.0 Å². The number of aromatic nitrogens is 2. The number of thiazole rings is 1. The summed E-state index contributed by atoms with van der Waals surface area (Å²) in [5.41, 5.74) is 4.22. The molecular formula is C22H25F6N3O6S. The Hall–Kier alpha value is -2.82. The summed E-state index contributed by atoms with van der Waals surface area (Å²) in [6, 6.07) is 5.94. The minimum absolute atomic E-state index is 0.132. The first-order chi connectivity index (χ1) is 17.6. The molecule has 0 saturated carbocycles. The average Bonchev–Trinajstić information content (AvgIpc) is 3.48. The fourth-order valence-corrected chi connectivity index (χ4v) is 4.61. The van der Waals surface area contributed by atoms with E-state index < -0.39 is 24.3 Å². The highest BCUT2D eigenvalue weighted by atomic mass is 32.1. The summed E-state index contributed by atoms with van der Waals surface area (Å²) in [5.74, 6) is -4.95. The van der Waals surface area contributed by atoms with Crippen LogP contribution in [0.25, 0.3) is 0 Å². The monoisotopic (exact) mass is 573 g/mol. The van der Waals surface area contributed by atoms with Crippen molar-refractivity contribution in [1.29, 1.82) is 0 Å². The molecule has 0 radical (unpaired) electrons. The SMILES string of the molecule is Cc1ncsc1CN1C[C@@H]2COC[C@]2(COCc2ccccn2)C1.O=C(O)C(F)(F)F.O=C(O)C(F)(F)F. The van der Waals surface area contributed by atoms with E-state index in [1.165, 1.54) is 4.88 Å². The highest BCUT2D eigenvalue weighted by Gasteiger charge is 2.50. The van der Waals surface area contributed by atoms with E-state index in [1.807, 2.05) is 29.9 Å². The topological polar surface area (TPSA) is 122 Å². The molecule has 9 nitrogen and oxygen atoms in total. The third-order valence-corrected chi connectivity index (χ3v) is 6.57. The van der Waals surface area contributed by atoms with Crippen molar-refractivity contribution in [3.05, 3.63) is 46.2 Å². The number of pyridine rings is 1. The van der Waals surface area contributed by atoms with E-state index in [0.717, 1.165) is 50.8 Å². The Labute approximate surface area is 217 Å². The Morgan fingerprint density at radius 3 is 2.29 bits per heavy atom. The lowest BCUT2D eigenvalue weighted by atomic mass is 9.82. The molecule has 2 N–H and O–H groups in total. The summed E-state index contributed by atoms with van der Waals surface area (Å²) >= 11 is 1.75. The number of ether oxygens (including phenoxy) is 2. The van der Waals surface area contributed by atoms with Crippen LogP contribution in [0.3, 0.4) is 0 Å². The van der Waals surface area contributed by atoms with Gasteiger partial charge < -0.3 is 19.7 Å². The van der Waals surface area contributed by atoms with E-state index in [1.54, 1.807) is 11.3 Å². The van der Waals surface area contributed by atoms with Crippen molar-refractivity contribution in [2.75, 3.05) is 32.9 Å². The summed E-state index contributed by atoms with van der Waals surface area (Å²) in [4.78, 5) is 30.4. The predicted molar refractivity (Wildman–Crippen MR) is 120 cm³/mol. The van der Waals surface area contributed by atoms with Gasteiger partial charge in [-0.2, -0.15) is 26.3 Å². The number of carboxylic acid groups (broad SMARTS) is 2. The van der Waals surface area contributed by atoms with E-state index in [2.05, 4.69) is 21.8 Å². The normalized spacial score (nSPS) is 21.1. The standard InChI is InChI=1S/C18H23N3O2S.2C2HF3O2/c1-14-17(24-13-20-14)7-21-6-15-8-22-11-18(15,10-21)12-23-9-16-4-2-3-5-19-16;2*3-2(4,5)1(6)7/h2-5,13,15H,6-12H2,1H3;2*(H,6,7)/t15-,18+;;/m1../s1. The van der Waals surface area contributed by atoms with Crippen molar-refractivity contribution in [3.8, 4) is 0 Å². The van der Waals surface area contributed by atoms with Crippen LogP contribution in [0.15, 0.2) is 29.9 Å². The number of nitrogens with zero attached hydrogens (tertiary/aromatic N) is 3. The number of rotatable bonds is 6. The number of hydrogen-bond acceptors (Lipinski definition) is 8. The van der Waals surface area contributed by atoms with E-state index in [4.69, 9.17) is 29.3 Å². The predicted octanol–water partition coefficient (Wildman–Crippen LogP) is 3.78. The van der Waals surface area contributed by atoms with Gasteiger partial charge in [-0.05, 0) is 19.1 Å². The zero-order chi connectivity index (χ0) is 28.6. The molecule has 16 heteroatoms. The Bertz CT molecular complexity index is 1030. The first-order valence-corrected chi connectivity index (χ1v) is 11.8. The van der Waals surface area contributed by atoms with Crippen molar-refractivity contribution >= 4 is 23.3 Å². The first kappa shape index (κ1) is 31.4. The third-order valence-electron chi connectivity index (χ3n) is 5.65. The number of carboxylic acids is 2. The van der Waals surface area contributed by atoms with Crippen molar-refractivity contribution < 1.29 is 55.6 Å². The smallest absolute Gasteiger partial charge is 0.475 e. The van der Waals surface area contributed by atoms with Crippen molar-refractivity contribution in [1.82, 2.24) is 14.9 Å². The molecule has 38 heavy (non-hydrogen) atoms. The molecule has 2 atom stereocenters. The van der Waals surface area contributed by atoms with E-state index in [0.29, 0.717) is 12.5 Å². The van der Waals surface area contributed by atoms with Crippen LogP contribution in [0.2, 0.25) is 0 Å². The molecule has 0 unspecified atom stereocenters. The molecule has 2 aliphatic heterocycles. The summed E-state index contributed by atoms with van der Waals surface area (Å²) in [6.07, 6.45) is -8.35. The molecule has 2 aliphatic rings. The van der Waals surface area contributed by atoms with Gasteiger partial charge in [-0.15, -0.1) is 11.3 Å². The van der Waals surface area contributed by atoms with E-state index in [-0.39, 0.29) is 5.41 Å². The fourth-order valence-electron chi connectivity index (χ4n) is 3.79. The van der Waals surface area contributed by atoms with Gasteiger partial charge in [0.25, 0.3) is 0 Å². The molecule has 0 aromatic carbocycles. The molecule has 2 aromatic rings. The molecule has 2 saturated heterocycles. The number of aliphatic carboxylic acids is 2. The zero-order valence-electron chi connectivity index (χ0n) is 20.0. The van der Waals surface area contributed by atoms with Crippen LogP contribution < -0.4 is 0 Å². The van der Waals surface area contributed by atoms with E-state index in [9.17, 15) is 26.3 Å². The minimum Gasteiger partial charge on any atom is -0.475 e. The minimum atomic E-state index is -5.08. The second-order valence-electron chi connectivity index (χ2n) is 8.52. The van der Waals surface area contributed by atoms with Crippen LogP contribution in [0.5, 0.6) is 0 Å². The molecule has 212 valence electrons. The number of likely N-dealkylation sites (tertiary alicyclic amines) is 1. The molecule has 0 spiro atoms. The highest BCUT2D eigenvalue weighted by Crippen LogP contribution is 2.42. The Balaban J connectivity index is 0.000000301.